The Morgan fingerprint density at radius 2 is 1.69 bits per heavy atom. The number of benzene rings is 2. The van der Waals surface area contributed by atoms with Crippen molar-refractivity contribution in [2.24, 2.45) is 0 Å². The molecule has 246 valence electrons. The van der Waals surface area contributed by atoms with Gasteiger partial charge in [0.25, 0.3) is 0 Å². The van der Waals surface area contributed by atoms with Gasteiger partial charge >= 0.3 is 5.97 Å². The maximum absolute atomic E-state index is 13.1. The first-order valence-electron chi connectivity index (χ1n) is 14.2. The van der Waals surface area contributed by atoms with Crippen molar-refractivity contribution in [2.75, 3.05) is 20.3 Å². The first-order valence-corrected chi connectivity index (χ1v) is 14.2. The van der Waals surface area contributed by atoms with Crippen molar-refractivity contribution in [1.29, 1.82) is 0 Å². The summed E-state index contributed by atoms with van der Waals surface area (Å²) in [5, 5.41) is 71.0. The fourth-order valence-corrected chi connectivity index (χ4v) is 5.34. The minimum absolute atomic E-state index is 0.0654. The number of fused-ring (bicyclic) bond motifs is 1. The SMILES string of the molecule is COc1cc(/C=C\C(=O)O[C@H]2[C@H](O[C@H]3O[C@@H](C)[C@H](O)[C@@H](O)[C@H]3O)[C@H]3O[C@@H](c4ccc(O)c(O)c4)CO[C@@H]3O[C@@H]2CO)ccc1O. The molecule has 3 heterocycles. The number of hydrogen-bond acceptors (Lipinski definition) is 15. The number of phenolic OH excluding ortho intramolecular Hbond substituents is 3. The van der Waals surface area contributed by atoms with E-state index in [9.17, 15) is 40.5 Å². The highest BCUT2D eigenvalue weighted by atomic mass is 16.8. The molecule has 3 aliphatic heterocycles. The zero-order valence-corrected chi connectivity index (χ0v) is 24.3. The largest absolute Gasteiger partial charge is 0.504 e. The summed E-state index contributed by atoms with van der Waals surface area (Å²) in [6.07, 6.45) is -11.8. The maximum Gasteiger partial charge on any atom is 0.331 e. The van der Waals surface area contributed by atoms with E-state index in [1.807, 2.05) is 0 Å². The molecule has 15 nitrogen and oxygen atoms in total. The predicted octanol–water partition coefficient (Wildman–Crippen LogP) is -0.176. The van der Waals surface area contributed by atoms with Gasteiger partial charge in [0.1, 0.15) is 42.7 Å². The summed E-state index contributed by atoms with van der Waals surface area (Å²) in [6.45, 7) is 0.752. The number of carbonyl (C=O) groups excluding carboxylic acids is 1. The van der Waals surface area contributed by atoms with E-state index < -0.39 is 85.8 Å². The number of carbonyl (C=O) groups is 1. The molecular formula is C30H36O15. The summed E-state index contributed by atoms with van der Waals surface area (Å²) in [6, 6.07) is 8.48. The van der Waals surface area contributed by atoms with Crippen molar-refractivity contribution in [3.63, 3.8) is 0 Å². The van der Waals surface area contributed by atoms with E-state index in [1.165, 1.54) is 56.5 Å². The van der Waals surface area contributed by atoms with Crippen LogP contribution in [0.2, 0.25) is 0 Å². The number of ether oxygens (including phenoxy) is 7. The number of aromatic hydroxyl groups is 3. The minimum Gasteiger partial charge on any atom is -0.504 e. The van der Waals surface area contributed by atoms with Gasteiger partial charge in [-0.25, -0.2) is 4.79 Å². The summed E-state index contributed by atoms with van der Waals surface area (Å²) in [5.41, 5.74) is 0.922. The Labute approximate surface area is 257 Å². The number of aliphatic hydroxyl groups is 4. The first kappa shape index (κ1) is 32.9. The first-order chi connectivity index (χ1) is 21.5. The molecule has 0 bridgehead atoms. The van der Waals surface area contributed by atoms with Crippen LogP contribution in [0.5, 0.6) is 23.0 Å². The number of methoxy groups -OCH3 is 1. The number of aliphatic hydroxyl groups excluding tert-OH is 4. The number of phenols is 3. The van der Waals surface area contributed by atoms with Crippen molar-refractivity contribution in [3.05, 3.63) is 53.6 Å². The Morgan fingerprint density at radius 3 is 2.40 bits per heavy atom. The Hall–Kier alpha value is -3.51. The molecule has 7 N–H and O–H groups in total. The van der Waals surface area contributed by atoms with E-state index >= 15 is 0 Å². The van der Waals surface area contributed by atoms with Crippen LogP contribution in [0.1, 0.15) is 24.2 Å². The van der Waals surface area contributed by atoms with Crippen LogP contribution in [-0.2, 0) is 33.2 Å². The summed E-state index contributed by atoms with van der Waals surface area (Å²) < 4.78 is 40.6. The third-order valence-corrected chi connectivity index (χ3v) is 7.84. The van der Waals surface area contributed by atoms with Gasteiger partial charge in [0, 0.05) is 6.08 Å². The number of hydrogen-bond donors (Lipinski definition) is 7. The van der Waals surface area contributed by atoms with Crippen molar-refractivity contribution >= 4 is 12.0 Å². The minimum atomic E-state index is -1.72. The Morgan fingerprint density at radius 1 is 0.933 bits per heavy atom. The molecule has 2 aromatic rings. The van der Waals surface area contributed by atoms with Gasteiger partial charge in [-0.3, -0.25) is 0 Å². The summed E-state index contributed by atoms with van der Waals surface area (Å²) >= 11 is 0. The van der Waals surface area contributed by atoms with Gasteiger partial charge < -0.3 is 68.9 Å². The van der Waals surface area contributed by atoms with Gasteiger partial charge in [0.15, 0.2) is 41.7 Å². The average Bonchev–Trinajstić information content (AvgIpc) is 3.03. The lowest BCUT2D eigenvalue weighted by atomic mass is 9.95. The van der Waals surface area contributed by atoms with E-state index in [1.54, 1.807) is 0 Å². The Bertz CT molecular complexity index is 1370. The molecular weight excluding hydrogens is 600 g/mol. The number of esters is 1. The van der Waals surface area contributed by atoms with Gasteiger partial charge in [-0.05, 0) is 48.4 Å². The molecule has 15 heteroatoms. The zero-order chi connectivity index (χ0) is 32.4. The summed E-state index contributed by atoms with van der Waals surface area (Å²) in [7, 11) is 1.38. The Kier molecular flexibility index (Phi) is 10.1. The van der Waals surface area contributed by atoms with Crippen LogP contribution in [0.15, 0.2) is 42.5 Å². The van der Waals surface area contributed by atoms with E-state index in [-0.39, 0.29) is 23.9 Å². The van der Waals surface area contributed by atoms with Crippen molar-refractivity contribution in [3.8, 4) is 23.0 Å². The highest BCUT2D eigenvalue weighted by molar-refractivity contribution is 5.87. The molecule has 3 aliphatic rings. The van der Waals surface area contributed by atoms with Crippen molar-refractivity contribution < 1.29 is 73.7 Å². The van der Waals surface area contributed by atoms with E-state index in [0.29, 0.717) is 11.1 Å². The molecule has 3 fully saturated rings. The highest BCUT2D eigenvalue weighted by Crippen LogP contribution is 2.39. The number of rotatable bonds is 8. The molecule has 0 aromatic heterocycles. The molecule has 5 rings (SSSR count). The monoisotopic (exact) mass is 636 g/mol. The molecule has 0 radical (unpaired) electrons. The smallest absolute Gasteiger partial charge is 0.331 e. The van der Waals surface area contributed by atoms with Crippen molar-refractivity contribution in [1.82, 2.24) is 0 Å². The van der Waals surface area contributed by atoms with E-state index in [4.69, 9.17) is 33.2 Å². The molecule has 45 heavy (non-hydrogen) atoms. The zero-order valence-electron chi connectivity index (χ0n) is 24.3. The van der Waals surface area contributed by atoms with Gasteiger partial charge in [0.2, 0.25) is 0 Å². The predicted molar refractivity (Wildman–Crippen MR) is 150 cm³/mol. The lowest BCUT2D eigenvalue weighted by Gasteiger charge is -2.50. The fraction of sp³-hybridized carbons (Fsp3) is 0.500. The molecule has 0 aliphatic carbocycles. The third kappa shape index (κ3) is 7.01. The summed E-state index contributed by atoms with van der Waals surface area (Å²) in [5.74, 6) is -1.52. The molecule has 0 saturated carbocycles. The fourth-order valence-electron chi connectivity index (χ4n) is 5.34. The molecule has 2 aromatic carbocycles. The lowest BCUT2D eigenvalue weighted by Crippen LogP contribution is -2.66. The van der Waals surface area contributed by atoms with Crippen LogP contribution in [0.4, 0.5) is 0 Å². The summed E-state index contributed by atoms with van der Waals surface area (Å²) in [4.78, 5) is 13.1. The normalized spacial score (nSPS) is 35.1. The van der Waals surface area contributed by atoms with Gasteiger partial charge in [-0.2, -0.15) is 0 Å². The molecule has 0 unspecified atom stereocenters. The highest BCUT2D eigenvalue weighted by Gasteiger charge is 2.55. The quantitative estimate of drug-likeness (QED) is 0.113. The molecule has 11 atom stereocenters. The topological polar surface area (TPSA) is 223 Å². The molecule has 3 saturated heterocycles. The second-order valence-electron chi connectivity index (χ2n) is 10.8. The van der Waals surface area contributed by atoms with E-state index in [2.05, 4.69) is 0 Å². The van der Waals surface area contributed by atoms with Gasteiger partial charge in [0.05, 0.1) is 26.4 Å². The lowest BCUT2D eigenvalue weighted by molar-refractivity contribution is -0.384. The van der Waals surface area contributed by atoms with Crippen LogP contribution in [0, 0.1) is 0 Å². The van der Waals surface area contributed by atoms with Crippen molar-refractivity contribution in [2.45, 2.75) is 74.4 Å². The second kappa shape index (κ2) is 13.9. The maximum atomic E-state index is 13.1. The van der Waals surface area contributed by atoms with E-state index in [0.717, 1.165) is 6.08 Å². The van der Waals surface area contributed by atoms with Gasteiger partial charge in [-0.15, -0.1) is 0 Å². The van der Waals surface area contributed by atoms with Crippen LogP contribution in [-0.4, -0.2) is 123 Å². The Balaban J connectivity index is 1.43. The van der Waals surface area contributed by atoms with Crippen LogP contribution < -0.4 is 4.74 Å². The van der Waals surface area contributed by atoms with Gasteiger partial charge in [-0.1, -0.05) is 12.1 Å². The molecule has 0 spiro atoms. The average molecular weight is 637 g/mol. The van der Waals surface area contributed by atoms with Crippen LogP contribution in [0.25, 0.3) is 6.08 Å². The standard InChI is InChI=1S/C30H36O15/c1-13-23(36)24(37)25(38)29(41-13)45-27-26(44-22(35)8-4-14-3-6-17(33)19(9-14)39-2)20(11-31)43-30-28(27)42-21(12-40-30)15-5-7-16(32)18(34)10-15/h3-10,13,20-21,23-34,36-38H,11-12H2,1-2H3/b8-4-/t13-,20+,21+,23-,24+,25+,26+,27-,28+,29+,30+/m0/s1. The third-order valence-electron chi connectivity index (χ3n) is 7.84. The molecule has 0 amide bonds. The second-order valence-corrected chi connectivity index (χ2v) is 10.8. The van der Waals surface area contributed by atoms with Crippen LogP contribution in [0.3, 0.4) is 0 Å². The van der Waals surface area contributed by atoms with Crippen LogP contribution >= 0.6 is 0 Å².